The van der Waals surface area contributed by atoms with Crippen molar-refractivity contribution >= 4 is 50.5 Å². The predicted molar refractivity (Wildman–Crippen MR) is 117 cm³/mol. The number of rotatable bonds is 7. The summed E-state index contributed by atoms with van der Waals surface area (Å²) in [4.78, 5) is 12.1. The molecule has 3 aromatic carbocycles. The van der Waals surface area contributed by atoms with Gasteiger partial charge in [0.2, 0.25) is 5.91 Å². The van der Waals surface area contributed by atoms with Crippen LogP contribution >= 0.6 is 23.2 Å². The van der Waals surface area contributed by atoms with Gasteiger partial charge in [-0.05, 0) is 54.4 Å². The van der Waals surface area contributed by atoms with Gasteiger partial charge >= 0.3 is 0 Å². The number of amides is 1. The van der Waals surface area contributed by atoms with Gasteiger partial charge in [0.1, 0.15) is 4.90 Å². The van der Waals surface area contributed by atoms with E-state index in [-0.39, 0.29) is 22.2 Å². The molecule has 0 aliphatic carbocycles. The minimum atomic E-state index is -3.95. The van der Waals surface area contributed by atoms with Gasteiger partial charge in [-0.2, -0.15) is 0 Å². The van der Waals surface area contributed by atoms with Crippen LogP contribution in [0.4, 0.5) is 11.4 Å². The summed E-state index contributed by atoms with van der Waals surface area (Å²) in [7, 11) is -3.95. The highest BCUT2D eigenvalue weighted by Gasteiger charge is 2.19. The summed E-state index contributed by atoms with van der Waals surface area (Å²) in [6.45, 7) is 0. The van der Waals surface area contributed by atoms with Gasteiger partial charge < -0.3 is 5.32 Å². The lowest BCUT2D eigenvalue weighted by Gasteiger charge is -2.12. The lowest BCUT2D eigenvalue weighted by atomic mass is 10.1. The maximum Gasteiger partial charge on any atom is 0.263 e. The van der Waals surface area contributed by atoms with Gasteiger partial charge in [0.25, 0.3) is 10.0 Å². The highest BCUT2D eigenvalue weighted by molar-refractivity contribution is 7.92. The molecule has 8 heteroatoms. The number of carbonyl (C=O) groups excluding carboxylic acids is 1. The molecule has 0 atom stereocenters. The van der Waals surface area contributed by atoms with Crippen LogP contribution in [-0.4, -0.2) is 14.3 Å². The molecule has 0 saturated carbocycles. The summed E-state index contributed by atoms with van der Waals surface area (Å²) in [6.07, 6.45) is 0.862. The number of aryl methyl sites for hydroxylation is 1. The van der Waals surface area contributed by atoms with Crippen LogP contribution in [0.2, 0.25) is 10.0 Å². The molecule has 0 spiro atoms. The maximum absolute atomic E-state index is 12.7. The Labute approximate surface area is 179 Å². The second-order valence-corrected chi connectivity index (χ2v) is 8.79. The molecule has 5 nitrogen and oxygen atoms in total. The van der Waals surface area contributed by atoms with Gasteiger partial charge in [0.05, 0.1) is 5.02 Å². The smallest absolute Gasteiger partial charge is 0.263 e. The van der Waals surface area contributed by atoms with Crippen LogP contribution < -0.4 is 10.0 Å². The van der Waals surface area contributed by atoms with Crippen molar-refractivity contribution in [1.82, 2.24) is 0 Å². The molecule has 0 saturated heterocycles. The highest BCUT2D eigenvalue weighted by Crippen LogP contribution is 2.27. The first kappa shape index (κ1) is 21.2. The van der Waals surface area contributed by atoms with E-state index in [1.54, 1.807) is 30.3 Å². The van der Waals surface area contributed by atoms with Crippen molar-refractivity contribution in [2.45, 2.75) is 17.7 Å². The SMILES string of the molecule is O=C(CCc1ccccc1)Nc1ccc(Cl)c(S(=O)(=O)Nc2ccc(Cl)cc2)c1. The van der Waals surface area contributed by atoms with E-state index in [9.17, 15) is 13.2 Å². The summed E-state index contributed by atoms with van der Waals surface area (Å²) < 4.78 is 27.9. The van der Waals surface area contributed by atoms with Gasteiger partial charge in [-0.1, -0.05) is 53.5 Å². The third-order valence-electron chi connectivity index (χ3n) is 4.08. The fourth-order valence-electron chi connectivity index (χ4n) is 2.64. The summed E-state index contributed by atoms with van der Waals surface area (Å²) in [5, 5.41) is 3.26. The minimum absolute atomic E-state index is 0.0498. The molecule has 0 aliphatic rings. The van der Waals surface area contributed by atoms with E-state index < -0.39 is 10.0 Å². The number of nitrogens with one attached hydrogen (secondary N) is 2. The summed E-state index contributed by atoms with van der Waals surface area (Å²) in [6, 6.07) is 20.2. The van der Waals surface area contributed by atoms with Crippen molar-refractivity contribution in [3.8, 4) is 0 Å². The second kappa shape index (κ2) is 9.31. The molecular formula is C21H18Cl2N2O3S. The molecule has 2 N–H and O–H groups in total. The summed E-state index contributed by atoms with van der Waals surface area (Å²) in [5.41, 5.74) is 1.75. The molecular weight excluding hydrogens is 431 g/mol. The third-order valence-corrected chi connectivity index (χ3v) is 6.20. The minimum Gasteiger partial charge on any atom is -0.326 e. The molecule has 29 heavy (non-hydrogen) atoms. The summed E-state index contributed by atoms with van der Waals surface area (Å²) in [5.74, 6) is -0.217. The van der Waals surface area contributed by atoms with Crippen molar-refractivity contribution in [2.24, 2.45) is 0 Å². The Morgan fingerprint density at radius 1 is 0.862 bits per heavy atom. The zero-order valence-electron chi connectivity index (χ0n) is 15.2. The quantitative estimate of drug-likeness (QED) is 0.510. The van der Waals surface area contributed by atoms with Crippen LogP contribution in [0.15, 0.2) is 77.7 Å². The fourth-order valence-corrected chi connectivity index (χ4v) is 4.35. The monoisotopic (exact) mass is 448 g/mol. The van der Waals surface area contributed by atoms with Crippen molar-refractivity contribution in [2.75, 3.05) is 10.0 Å². The Bertz CT molecular complexity index is 1100. The third kappa shape index (κ3) is 5.97. The van der Waals surface area contributed by atoms with E-state index in [0.29, 0.717) is 22.8 Å². The molecule has 3 rings (SSSR count). The Kier molecular flexibility index (Phi) is 6.79. The van der Waals surface area contributed by atoms with E-state index in [1.165, 1.54) is 12.1 Å². The van der Waals surface area contributed by atoms with Crippen LogP contribution in [0, 0.1) is 0 Å². The number of hydrogen-bond donors (Lipinski definition) is 2. The Morgan fingerprint density at radius 3 is 2.21 bits per heavy atom. The standard InChI is InChI=1S/C21H18Cl2N2O3S/c22-16-7-9-17(10-8-16)25-29(27,28)20-14-18(11-12-19(20)23)24-21(26)13-6-15-4-2-1-3-5-15/h1-5,7-12,14,25H,6,13H2,(H,24,26). The van der Waals surface area contributed by atoms with Crippen molar-refractivity contribution in [3.63, 3.8) is 0 Å². The predicted octanol–water partition coefficient (Wildman–Crippen LogP) is 5.37. The molecule has 0 fully saturated rings. The molecule has 1 amide bonds. The number of halogens is 2. The topological polar surface area (TPSA) is 75.3 Å². The molecule has 0 radical (unpaired) electrons. The van der Waals surface area contributed by atoms with Crippen LogP contribution in [0.25, 0.3) is 0 Å². The van der Waals surface area contributed by atoms with Crippen LogP contribution in [0.5, 0.6) is 0 Å². The van der Waals surface area contributed by atoms with E-state index in [0.717, 1.165) is 5.56 Å². The lowest BCUT2D eigenvalue weighted by Crippen LogP contribution is -2.15. The zero-order valence-corrected chi connectivity index (χ0v) is 17.6. The van der Waals surface area contributed by atoms with Gasteiger partial charge in [-0.3, -0.25) is 9.52 Å². The first-order chi connectivity index (χ1) is 13.8. The van der Waals surface area contributed by atoms with Gasteiger partial charge in [0, 0.05) is 22.8 Å². The van der Waals surface area contributed by atoms with Crippen LogP contribution in [0.3, 0.4) is 0 Å². The Hall–Kier alpha value is -2.54. The first-order valence-corrected chi connectivity index (χ1v) is 11.0. The number of hydrogen-bond acceptors (Lipinski definition) is 3. The molecule has 0 aliphatic heterocycles. The average molecular weight is 449 g/mol. The fraction of sp³-hybridized carbons (Fsp3) is 0.0952. The summed E-state index contributed by atoms with van der Waals surface area (Å²) >= 11 is 11.9. The molecule has 0 bridgehead atoms. The number of anilines is 2. The van der Waals surface area contributed by atoms with Crippen molar-refractivity contribution in [3.05, 3.63) is 88.4 Å². The number of benzene rings is 3. The van der Waals surface area contributed by atoms with E-state index in [2.05, 4.69) is 10.0 Å². The lowest BCUT2D eigenvalue weighted by molar-refractivity contribution is -0.116. The van der Waals surface area contributed by atoms with E-state index in [4.69, 9.17) is 23.2 Å². The Morgan fingerprint density at radius 2 is 1.52 bits per heavy atom. The molecule has 0 heterocycles. The van der Waals surface area contributed by atoms with E-state index >= 15 is 0 Å². The highest BCUT2D eigenvalue weighted by atomic mass is 35.5. The van der Waals surface area contributed by atoms with Crippen LogP contribution in [-0.2, 0) is 21.2 Å². The van der Waals surface area contributed by atoms with Gasteiger partial charge in [-0.15, -0.1) is 0 Å². The van der Waals surface area contributed by atoms with Crippen LogP contribution in [0.1, 0.15) is 12.0 Å². The maximum atomic E-state index is 12.7. The van der Waals surface area contributed by atoms with Gasteiger partial charge in [0.15, 0.2) is 0 Å². The van der Waals surface area contributed by atoms with Crippen molar-refractivity contribution < 1.29 is 13.2 Å². The molecule has 0 unspecified atom stereocenters. The average Bonchev–Trinajstić information content (AvgIpc) is 2.70. The van der Waals surface area contributed by atoms with Gasteiger partial charge in [-0.25, -0.2) is 8.42 Å². The molecule has 3 aromatic rings. The molecule has 0 aromatic heterocycles. The molecule has 150 valence electrons. The second-order valence-electron chi connectivity index (χ2n) is 6.29. The first-order valence-electron chi connectivity index (χ1n) is 8.75. The number of carbonyl (C=O) groups is 1. The van der Waals surface area contributed by atoms with Crippen molar-refractivity contribution in [1.29, 1.82) is 0 Å². The largest absolute Gasteiger partial charge is 0.326 e. The normalized spacial score (nSPS) is 11.1. The Balaban J connectivity index is 1.71. The van der Waals surface area contributed by atoms with E-state index in [1.807, 2.05) is 30.3 Å². The number of sulfonamides is 1. The zero-order chi connectivity index (χ0) is 20.9.